The second kappa shape index (κ2) is 8.35. The second-order valence-corrected chi connectivity index (χ2v) is 7.51. The summed E-state index contributed by atoms with van der Waals surface area (Å²) in [6.07, 6.45) is 0. The lowest BCUT2D eigenvalue weighted by molar-refractivity contribution is -0.146. The summed E-state index contributed by atoms with van der Waals surface area (Å²) in [5.41, 5.74) is 0.831. The monoisotopic (exact) mass is 385 g/mol. The van der Waals surface area contributed by atoms with Gasteiger partial charge in [-0.05, 0) is 23.9 Å². The molecule has 7 heteroatoms. The number of rotatable bonds is 7. The summed E-state index contributed by atoms with van der Waals surface area (Å²) in [6.45, 7) is 1.54. The molecule has 0 amide bonds. The van der Waals surface area contributed by atoms with Crippen molar-refractivity contribution >= 4 is 24.5 Å². The number of nitrogens with one attached hydrogen (secondary N) is 1. The summed E-state index contributed by atoms with van der Waals surface area (Å²) < 4.78 is 22.9. The molecule has 3 rings (SSSR count). The van der Waals surface area contributed by atoms with E-state index in [1.807, 2.05) is 54.6 Å². The molecule has 0 aromatic heterocycles. The minimum atomic E-state index is -4.28. The summed E-state index contributed by atoms with van der Waals surface area (Å²) in [5, 5.41) is 3.90. The lowest BCUT2D eigenvalue weighted by Gasteiger charge is -2.19. The molecule has 0 fully saturated rings. The Morgan fingerprint density at radius 2 is 1.70 bits per heavy atom. The highest BCUT2D eigenvalue weighted by Gasteiger charge is 2.28. The van der Waals surface area contributed by atoms with Gasteiger partial charge in [0, 0.05) is 5.39 Å². The zero-order chi connectivity index (χ0) is 19.3. The van der Waals surface area contributed by atoms with E-state index in [1.165, 1.54) is 6.92 Å². The fraction of sp³-hybridized carbons (Fsp3) is 0.150. The Bertz CT molecular complexity index is 971. The van der Waals surface area contributed by atoms with E-state index in [1.54, 1.807) is 18.2 Å². The third-order valence-electron chi connectivity index (χ3n) is 3.91. The number of carbonyl (C=O) groups excluding carboxylic acids is 1. The van der Waals surface area contributed by atoms with Crippen molar-refractivity contribution in [2.24, 2.45) is 0 Å². The molecule has 0 aliphatic heterocycles. The first-order valence-corrected chi connectivity index (χ1v) is 10.0. The van der Waals surface area contributed by atoms with Gasteiger partial charge in [-0.3, -0.25) is 4.79 Å². The molecule has 0 aliphatic carbocycles. The lowest BCUT2D eigenvalue weighted by Crippen LogP contribution is -2.34. The van der Waals surface area contributed by atoms with Gasteiger partial charge in [-0.15, -0.1) is 0 Å². The van der Waals surface area contributed by atoms with Gasteiger partial charge in [-0.1, -0.05) is 66.7 Å². The highest BCUT2D eigenvalue weighted by Crippen LogP contribution is 2.41. The number of esters is 1. The topological polar surface area (TPSA) is 84.9 Å². The smallest absolute Gasteiger partial charge is 0.456 e. The minimum Gasteiger partial charge on any atom is -0.460 e. The molecule has 3 aromatic rings. The first-order valence-electron chi connectivity index (χ1n) is 8.43. The van der Waals surface area contributed by atoms with Gasteiger partial charge in [0.2, 0.25) is 0 Å². The molecule has 2 atom stereocenters. The maximum absolute atomic E-state index is 12.4. The standard InChI is InChI=1S/C20H20NO5P/c1-15(20(22)25-14-16-8-3-2-4-9-16)21-27(23,24)26-19-13-7-11-17-10-5-6-12-18(17)19/h2-13,15H,14H2,1H3,(H2,21,23,24). The molecular formula is C20H20NO5P. The number of benzene rings is 3. The van der Waals surface area contributed by atoms with Gasteiger partial charge in [0.1, 0.15) is 18.4 Å². The molecule has 27 heavy (non-hydrogen) atoms. The average molecular weight is 385 g/mol. The highest BCUT2D eigenvalue weighted by atomic mass is 31.2. The zero-order valence-corrected chi connectivity index (χ0v) is 15.6. The van der Waals surface area contributed by atoms with E-state index >= 15 is 0 Å². The van der Waals surface area contributed by atoms with Gasteiger partial charge in [0.25, 0.3) is 0 Å². The number of ether oxygens (including phenoxy) is 1. The van der Waals surface area contributed by atoms with Crippen LogP contribution in [0.1, 0.15) is 12.5 Å². The largest absolute Gasteiger partial charge is 0.460 e. The molecule has 0 saturated carbocycles. The van der Waals surface area contributed by atoms with Crippen LogP contribution < -0.4 is 9.61 Å². The summed E-state index contributed by atoms with van der Waals surface area (Å²) in [7, 11) is -4.28. The van der Waals surface area contributed by atoms with Crippen LogP contribution in [0.2, 0.25) is 0 Å². The van der Waals surface area contributed by atoms with Gasteiger partial charge in [-0.2, -0.15) is 5.09 Å². The Morgan fingerprint density at radius 1 is 1.04 bits per heavy atom. The summed E-state index contributed by atoms with van der Waals surface area (Å²) in [6, 6.07) is 20.7. The normalized spacial score (nSPS) is 14.3. The van der Waals surface area contributed by atoms with E-state index in [0.29, 0.717) is 5.39 Å². The SMILES string of the molecule is CC(NP(=O)(O)Oc1cccc2ccccc12)C(=O)OCc1ccccc1. The molecule has 3 aromatic carbocycles. The lowest BCUT2D eigenvalue weighted by atomic mass is 10.1. The minimum absolute atomic E-state index is 0.0889. The van der Waals surface area contributed by atoms with Gasteiger partial charge in [0.15, 0.2) is 0 Å². The van der Waals surface area contributed by atoms with Gasteiger partial charge in [0.05, 0.1) is 0 Å². The Kier molecular flexibility index (Phi) is 5.91. The van der Waals surface area contributed by atoms with Crippen molar-refractivity contribution in [3.05, 3.63) is 78.4 Å². The number of carbonyl (C=O) groups is 1. The van der Waals surface area contributed by atoms with E-state index in [0.717, 1.165) is 10.9 Å². The molecule has 0 aliphatic rings. The van der Waals surface area contributed by atoms with Crippen molar-refractivity contribution in [3.63, 3.8) is 0 Å². The first-order chi connectivity index (χ1) is 12.9. The van der Waals surface area contributed by atoms with Crippen LogP contribution in [0, 0.1) is 0 Å². The molecular weight excluding hydrogens is 365 g/mol. The van der Waals surface area contributed by atoms with Crippen LogP contribution in [0.3, 0.4) is 0 Å². The van der Waals surface area contributed by atoms with Crippen molar-refractivity contribution in [2.75, 3.05) is 0 Å². The predicted molar refractivity (Wildman–Crippen MR) is 103 cm³/mol. The molecule has 6 nitrogen and oxygen atoms in total. The molecule has 0 saturated heterocycles. The third kappa shape index (κ3) is 5.17. The van der Waals surface area contributed by atoms with Crippen molar-refractivity contribution in [1.82, 2.24) is 5.09 Å². The van der Waals surface area contributed by atoms with Crippen LogP contribution in [-0.4, -0.2) is 16.9 Å². The van der Waals surface area contributed by atoms with E-state index < -0.39 is 19.8 Å². The van der Waals surface area contributed by atoms with E-state index in [-0.39, 0.29) is 12.4 Å². The van der Waals surface area contributed by atoms with E-state index in [4.69, 9.17) is 9.26 Å². The van der Waals surface area contributed by atoms with Crippen LogP contribution >= 0.6 is 7.75 Å². The fourth-order valence-electron chi connectivity index (χ4n) is 2.59. The van der Waals surface area contributed by atoms with Crippen molar-refractivity contribution < 1.29 is 23.5 Å². The Morgan fingerprint density at radius 3 is 2.48 bits per heavy atom. The summed E-state index contributed by atoms with van der Waals surface area (Å²) in [4.78, 5) is 22.2. The average Bonchev–Trinajstić information content (AvgIpc) is 2.66. The highest BCUT2D eigenvalue weighted by molar-refractivity contribution is 7.51. The molecule has 0 radical (unpaired) electrons. The third-order valence-corrected chi connectivity index (χ3v) is 5.06. The summed E-state index contributed by atoms with van der Waals surface area (Å²) in [5.74, 6) is -0.383. The first kappa shape index (κ1) is 19.1. The van der Waals surface area contributed by atoms with Crippen LogP contribution in [0.5, 0.6) is 5.75 Å². The van der Waals surface area contributed by atoms with Crippen molar-refractivity contribution in [3.8, 4) is 5.75 Å². The quantitative estimate of drug-likeness (QED) is 0.472. The Balaban J connectivity index is 1.63. The number of hydrogen-bond donors (Lipinski definition) is 2. The van der Waals surface area contributed by atoms with Crippen LogP contribution in [-0.2, 0) is 20.7 Å². The molecule has 140 valence electrons. The maximum Gasteiger partial charge on any atom is 0.456 e. The van der Waals surface area contributed by atoms with E-state index in [9.17, 15) is 14.3 Å². The van der Waals surface area contributed by atoms with Crippen molar-refractivity contribution in [1.29, 1.82) is 0 Å². The van der Waals surface area contributed by atoms with Gasteiger partial charge >= 0.3 is 13.7 Å². The Labute approximate surface area is 157 Å². The zero-order valence-electron chi connectivity index (χ0n) is 14.7. The van der Waals surface area contributed by atoms with Crippen LogP contribution in [0.4, 0.5) is 0 Å². The van der Waals surface area contributed by atoms with Crippen molar-refractivity contribution in [2.45, 2.75) is 19.6 Å². The van der Waals surface area contributed by atoms with E-state index in [2.05, 4.69) is 5.09 Å². The second-order valence-electron chi connectivity index (χ2n) is 6.03. The van der Waals surface area contributed by atoms with Gasteiger partial charge < -0.3 is 14.2 Å². The van der Waals surface area contributed by atoms with Gasteiger partial charge in [-0.25, -0.2) is 4.57 Å². The predicted octanol–water partition coefficient (Wildman–Crippen LogP) is 4.04. The van der Waals surface area contributed by atoms with Crippen LogP contribution in [0.15, 0.2) is 72.8 Å². The molecule has 2 unspecified atom stereocenters. The number of hydrogen-bond acceptors (Lipinski definition) is 4. The number of fused-ring (bicyclic) bond motifs is 1. The van der Waals surface area contributed by atoms with Crippen LogP contribution in [0.25, 0.3) is 10.8 Å². The molecule has 0 heterocycles. The molecule has 2 N–H and O–H groups in total. The molecule has 0 bridgehead atoms. The fourth-order valence-corrected chi connectivity index (χ4v) is 3.66. The molecule has 0 spiro atoms. The maximum atomic E-state index is 12.4. The summed E-state index contributed by atoms with van der Waals surface area (Å²) >= 11 is 0. The Hall–Kier alpha value is -2.66.